The summed E-state index contributed by atoms with van der Waals surface area (Å²) in [4.78, 5) is 23.9. The van der Waals surface area contributed by atoms with Gasteiger partial charge in [0.05, 0.1) is 19.8 Å². The van der Waals surface area contributed by atoms with E-state index in [1.54, 1.807) is 0 Å². The quantitative estimate of drug-likeness (QED) is 0.120. The van der Waals surface area contributed by atoms with Crippen molar-refractivity contribution in [2.24, 2.45) is 0 Å². The molecule has 0 spiro atoms. The van der Waals surface area contributed by atoms with Crippen LogP contribution >= 0.6 is 0 Å². The molecule has 3 heterocycles. The third-order valence-electron chi connectivity index (χ3n) is 6.90. The van der Waals surface area contributed by atoms with Crippen LogP contribution in [0.5, 0.6) is 0 Å². The zero-order valence-electron chi connectivity index (χ0n) is 21.7. The molecule has 3 aliphatic heterocycles. The lowest BCUT2D eigenvalue weighted by Gasteiger charge is -2.49. The lowest BCUT2D eigenvalue weighted by atomic mass is 9.94. The van der Waals surface area contributed by atoms with Crippen molar-refractivity contribution in [2.75, 3.05) is 19.8 Å². The van der Waals surface area contributed by atoms with Crippen LogP contribution in [0.4, 0.5) is 0 Å². The summed E-state index contributed by atoms with van der Waals surface area (Å²) >= 11 is 0. The molecule has 0 aromatic carbocycles. The largest absolute Gasteiger partial charge is 0.394 e. The first-order valence-electron chi connectivity index (χ1n) is 12.6. The Morgan fingerprint density at radius 1 is 0.600 bits per heavy atom. The minimum absolute atomic E-state index is 0.647. The Kier molecular flexibility index (Phi) is 11.5. The van der Waals surface area contributed by atoms with Gasteiger partial charge in [-0.3, -0.25) is 9.59 Å². The van der Waals surface area contributed by atoms with Gasteiger partial charge in [-0.1, -0.05) is 0 Å². The van der Waals surface area contributed by atoms with Gasteiger partial charge >= 0.3 is 0 Å². The van der Waals surface area contributed by atoms with Gasteiger partial charge in [-0.25, -0.2) is 0 Å². The minimum Gasteiger partial charge on any atom is -0.394 e. The first-order valence-corrected chi connectivity index (χ1v) is 12.6. The molecule has 3 rings (SSSR count). The highest BCUT2D eigenvalue weighted by Gasteiger charge is 2.54. The first kappa shape index (κ1) is 32.9. The highest BCUT2D eigenvalue weighted by atomic mass is 16.7. The Morgan fingerprint density at radius 2 is 1.02 bits per heavy atom. The molecule has 11 N–H and O–H groups in total. The monoisotopic (exact) mass is 586 g/mol. The van der Waals surface area contributed by atoms with Gasteiger partial charge in [0.25, 0.3) is 0 Å². The van der Waals surface area contributed by atoms with Crippen molar-refractivity contribution in [1.82, 2.24) is 10.6 Å². The fourth-order valence-corrected chi connectivity index (χ4v) is 4.86. The number of carbonyl (C=O) groups excluding carboxylic acids is 2. The van der Waals surface area contributed by atoms with Gasteiger partial charge in [0.1, 0.15) is 73.1 Å². The van der Waals surface area contributed by atoms with E-state index in [0.717, 1.165) is 13.8 Å². The molecule has 15 atom stereocenters. The zero-order chi connectivity index (χ0) is 29.9. The maximum Gasteiger partial charge on any atom is 0.217 e. The second kappa shape index (κ2) is 14.0. The van der Waals surface area contributed by atoms with Crippen molar-refractivity contribution in [3.05, 3.63) is 0 Å². The van der Waals surface area contributed by atoms with Crippen molar-refractivity contribution in [3.63, 3.8) is 0 Å². The molecule has 0 unspecified atom stereocenters. The SMILES string of the molecule is CC(=O)N[C@@H]1[C@@H](O[C@H]2O[C@H](CO)[C@@H](O)[C@H](O[C@@H]3O[C@H](CO)[C@H](O)[C@H](O)[C@H]3O)[C@H]2NC(C)=O)[C@H](O)[C@@H](CO)O[C@H]1O. The van der Waals surface area contributed by atoms with Gasteiger partial charge in [-0.05, 0) is 0 Å². The topological polar surface area (TPSA) is 286 Å². The van der Waals surface area contributed by atoms with Crippen LogP contribution in [0.15, 0.2) is 0 Å². The van der Waals surface area contributed by atoms with E-state index < -0.39 is 124 Å². The summed E-state index contributed by atoms with van der Waals surface area (Å²) in [6.45, 7) is -0.140. The van der Waals surface area contributed by atoms with Gasteiger partial charge < -0.3 is 80.3 Å². The molecule has 0 aromatic heterocycles. The number of aliphatic hydroxyl groups is 9. The van der Waals surface area contributed by atoms with E-state index in [2.05, 4.69) is 10.6 Å². The van der Waals surface area contributed by atoms with Crippen molar-refractivity contribution in [2.45, 2.75) is 106 Å². The van der Waals surface area contributed by atoms with E-state index in [1.165, 1.54) is 0 Å². The van der Waals surface area contributed by atoms with Crippen LogP contribution in [0.3, 0.4) is 0 Å². The fraction of sp³-hybridized carbons (Fsp3) is 0.909. The number of amides is 2. The molecule has 0 aromatic rings. The average Bonchev–Trinajstić information content (AvgIpc) is 2.90. The summed E-state index contributed by atoms with van der Waals surface area (Å²) in [5, 5.41) is 96.5. The maximum absolute atomic E-state index is 12.1. The summed E-state index contributed by atoms with van der Waals surface area (Å²) < 4.78 is 27.7. The Bertz CT molecular complexity index is 852. The van der Waals surface area contributed by atoms with Crippen molar-refractivity contribution < 1.29 is 79.2 Å². The van der Waals surface area contributed by atoms with Crippen LogP contribution in [0.2, 0.25) is 0 Å². The smallest absolute Gasteiger partial charge is 0.217 e. The molecule has 3 saturated heterocycles. The van der Waals surface area contributed by atoms with Crippen LogP contribution in [0, 0.1) is 0 Å². The number of ether oxygens (including phenoxy) is 5. The fourth-order valence-electron chi connectivity index (χ4n) is 4.86. The molecule has 2 amide bonds. The molecule has 0 radical (unpaired) electrons. The molecule has 0 bridgehead atoms. The highest BCUT2D eigenvalue weighted by molar-refractivity contribution is 5.73. The molecule has 232 valence electrons. The second-order valence-corrected chi connectivity index (χ2v) is 9.81. The van der Waals surface area contributed by atoms with E-state index in [-0.39, 0.29) is 0 Å². The molecular weight excluding hydrogens is 548 g/mol. The van der Waals surface area contributed by atoms with Gasteiger partial charge in [-0.2, -0.15) is 0 Å². The highest BCUT2D eigenvalue weighted by Crippen LogP contribution is 2.32. The van der Waals surface area contributed by atoms with E-state index in [0.29, 0.717) is 0 Å². The first-order chi connectivity index (χ1) is 18.8. The van der Waals surface area contributed by atoms with Crippen LogP contribution < -0.4 is 10.6 Å². The molecule has 3 aliphatic rings. The number of rotatable bonds is 9. The normalized spacial score (nSPS) is 46.0. The predicted octanol–water partition coefficient (Wildman–Crippen LogP) is -7.29. The summed E-state index contributed by atoms with van der Waals surface area (Å²) in [6, 6.07) is -2.90. The van der Waals surface area contributed by atoms with E-state index in [4.69, 9.17) is 23.7 Å². The van der Waals surface area contributed by atoms with E-state index in [1.807, 2.05) is 0 Å². The Balaban J connectivity index is 1.95. The van der Waals surface area contributed by atoms with Crippen LogP contribution in [0.25, 0.3) is 0 Å². The molecule has 40 heavy (non-hydrogen) atoms. The standard InChI is InChI=1S/C22H38N2O16/c1-6(28)23-11-18(14(31)9(4-26)36-20(11)35)39-21-12(24-7(2)29)19(15(32)10(5-27)37-21)40-22-17(34)16(33)13(30)8(3-25)38-22/h8-22,25-27,30-35H,3-5H2,1-2H3,(H,23,28)(H,24,29)/t8-,9-,10-,11-,12-,13+,14-,15-,16+,17-,18-,19-,20-,21-,22+/m1/s1. The lowest BCUT2D eigenvalue weighted by Crippen LogP contribution is -2.70. The van der Waals surface area contributed by atoms with Gasteiger partial charge in [0, 0.05) is 13.8 Å². The Labute approximate surface area is 228 Å². The lowest BCUT2D eigenvalue weighted by molar-refractivity contribution is -0.356. The number of hydrogen-bond acceptors (Lipinski definition) is 16. The minimum atomic E-state index is -1.89. The molecule has 3 fully saturated rings. The van der Waals surface area contributed by atoms with Crippen LogP contribution in [-0.2, 0) is 33.3 Å². The molecule has 0 aliphatic carbocycles. The van der Waals surface area contributed by atoms with Crippen LogP contribution in [-0.4, -0.2) is 170 Å². The summed E-state index contributed by atoms with van der Waals surface area (Å²) in [7, 11) is 0. The predicted molar refractivity (Wildman–Crippen MR) is 124 cm³/mol. The van der Waals surface area contributed by atoms with Crippen molar-refractivity contribution in [1.29, 1.82) is 0 Å². The maximum atomic E-state index is 12.1. The number of carbonyl (C=O) groups is 2. The zero-order valence-corrected chi connectivity index (χ0v) is 21.7. The molecular formula is C22H38N2O16. The molecule has 0 saturated carbocycles. The van der Waals surface area contributed by atoms with Gasteiger partial charge in [0.2, 0.25) is 11.8 Å². The molecule has 18 heteroatoms. The van der Waals surface area contributed by atoms with E-state index in [9.17, 15) is 55.5 Å². The summed E-state index contributed by atoms with van der Waals surface area (Å²) in [5.41, 5.74) is 0. The van der Waals surface area contributed by atoms with Gasteiger partial charge in [-0.15, -0.1) is 0 Å². The molecule has 18 nitrogen and oxygen atoms in total. The number of nitrogens with one attached hydrogen (secondary N) is 2. The van der Waals surface area contributed by atoms with E-state index >= 15 is 0 Å². The Morgan fingerprint density at radius 3 is 1.55 bits per heavy atom. The average molecular weight is 587 g/mol. The van der Waals surface area contributed by atoms with Gasteiger partial charge in [0.15, 0.2) is 18.9 Å². The van der Waals surface area contributed by atoms with Crippen LogP contribution in [0.1, 0.15) is 13.8 Å². The second-order valence-electron chi connectivity index (χ2n) is 9.81. The number of aliphatic hydroxyl groups excluding tert-OH is 9. The third-order valence-corrected chi connectivity index (χ3v) is 6.90. The van der Waals surface area contributed by atoms with Crippen molar-refractivity contribution in [3.8, 4) is 0 Å². The third kappa shape index (κ3) is 7.05. The summed E-state index contributed by atoms with van der Waals surface area (Å²) in [5.74, 6) is -1.34. The van der Waals surface area contributed by atoms with Crippen molar-refractivity contribution >= 4 is 11.8 Å². The Hall–Kier alpha value is -1.62. The summed E-state index contributed by atoms with van der Waals surface area (Å²) in [6.07, 6.45) is -21.4. The number of hydrogen-bond donors (Lipinski definition) is 11.